The van der Waals surface area contributed by atoms with E-state index in [2.05, 4.69) is 5.10 Å². The van der Waals surface area contributed by atoms with Crippen molar-refractivity contribution in [1.82, 2.24) is 9.78 Å². The van der Waals surface area contributed by atoms with Gasteiger partial charge >= 0.3 is 0 Å². The van der Waals surface area contributed by atoms with Crippen LogP contribution >= 0.6 is 0 Å². The van der Waals surface area contributed by atoms with Gasteiger partial charge in [-0.25, -0.2) is 8.42 Å². The van der Waals surface area contributed by atoms with Gasteiger partial charge in [-0.1, -0.05) is 6.92 Å². The molecule has 1 heterocycles. The topological polar surface area (TPSA) is 78.0 Å². The van der Waals surface area contributed by atoms with Crippen LogP contribution in [0.25, 0.3) is 0 Å². The Bertz CT molecular complexity index is 383. The summed E-state index contributed by atoms with van der Waals surface area (Å²) in [6.07, 6.45) is 2.32. The van der Waals surface area contributed by atoms with Crippen LogP contribution in [0.3, 0.4) is 0 Å². The Morgan fingerprint density at radius 1 is 1.57 bits per heavy atom. The van der Waals surface area contributed by atoms with Gasteiger partial charge in [0.2, 0.25) is 0 Å². The van der Waals surface area contributed by atoms with E-state index in [1.54, 1.807) is 23.9 Å². The number of hydrogen-bond acceptors (Lipinski definition) is 4. The minimum absolute atomic E-state index is 0.203. The predicted molar refractivity (Wildman–Crippen MR) is 55.6 cm³/mol. The van der Waals surface area contributed by atoms with Crippen LogP contribution in [0.2, 0.25) is 0 Å². The lowest BCUT2D eigenvalue weighted by atomic mass is 10.5. The second-order valence-corrected chi connectivity index (χ2v) is 5.57. The zero-order valence-electron chi connectivity index (χ0n) is 8.18. The molecule has 0 aromatic carbocycles. The van der Waals surface area contributed by atoms with Crippen molar-refractivity contribution in [3.05, 3.63) is 12.3 Å². The molecule has 0 fully saturated rings. The Hall–Kier alpha value is -1.04. The summed E-state index contributed by atoms with van der Waals surface area (Å²) in [6.45, 7) is 2.25. The Labute approximate surface area is 83.8 Å². The van der Waals surface area contributed by atoms with Crippen molar-refractivity contribution in [3.8, 4) is 0 Å². The fourth-order valence-electron chi connectivity index (χ4n) is 1.09. The first kappa shape index (κ1) is 11.0. The van der Waals surface area contributed by atoms with E-state index in [1.165, 1.54) is 0 Å². The summed E-state index contributed by atoms with van der Waals surface area (Å²) in [5.74, 6) is 0.876. The van der Waals surface area contributed by atoms with Crippen molar-refractivity contribution >= 4 is 15.7 Å². The summed E-state index contributed by atoms with van der Waals surface area (Å²) in [7, 11) is -2.86. The molecule has 0 radical (unpaired) electrons. The molecule has 0 atom stereocenters. The van der Waals surface area contributed by atoms with Crippen LogP contribution in [0.4, 0.5) is 5.82 Å². The first-order valence-corrected chi connectivity index (χ1v) is 6.35. The van der Waals surface area contributed by atoms with Crippen LogP contribution in [0.1, 0.15) is 13.3 Å². The molecule has 0 amide bonds. The van der Waals surface area contributed by atoms with E-state index in [0.717, 1.165) is 0 Å². The van der Waals surface area contributed by atoms with Crippen LogP contribution in [0, 0.1) is 0 Å². The molecule has 0 bridgehead atoms. The van der Waals surface area contributed by atoms with Crippen LogP contribution < -0.4 is 5.73 Å². The lowest BCUT2D eigenvalue weighted by molar-refractivity contribution is 0.574. The largest absolute Gasteiger partial charge is 0.382 e. The first-order valence-electron chi connectivity index (χ1n) is 4.53. The molecule has 1 aromatic heterocycles. The van der Waals surface area contributed by atoms with Gasteiger partial charge in [0.05, 0.1) is 5.75 Å². The summed E-state index contributed by atoms with van der Waals surface area (Å²) in [4.78, 5) is 0. The number of hydrogen-bond donors (Lipinski definition) is 1. The molecule has 0 aliphatic heterocycles. The number of nitrogen functional groups attached to an aromatic ring is 1. The minimum Gasteiger partial charge on any atom is -0.382 e. The standard InChI is InChI=1S/C8H15N3O2S/c1-2-14(12,13)7-3-5-11-6-4-8(9)10-11/h4,6H,2-3,5,7H2,1H3,(H2,9,10). The highest BCUT2D eigenvalue weighted by molar-refractivity contribution is 7.91. The highest BCUT2D eigenvalue weighted by atomic mass is 32.2. The SMILES string of the molecule is CCS(=O)(=O)CCCn1ccc(N)n1. The van der Waals surface area contributed by atoms with Crippen LogP contribution in [-0.2, 0) is 16.4 Å². The molecular weight excluding hydrogens is 202 g/mol. The normalized spacial score (nSPS) is 11.8. The Balaban J connectivity index is 2.36. The van der Waals surface area contributed by atoms with Gasteiger partial charge in [0.1, 0.15) is 15.7 Å². The van der Waals surface area contributed by atoms with Gasteiger partial charge in [0.25, 0.3) is 0 Å². The molecule has 0 unspecified atom stereocenters. The van der Waals surface area contributed by atoms with E-state index >= 15 is 0 Å². The number of sulfone groups is 1. The molecule has 1 rings (SSSR count). The third-order valence-corrected chi connectivity index (χ3v) is 3.73. The van der Waals surface area contributed by atoms with Crippen molar-refractivity contribution in [2.24, 2.45) is 0 Å². The fourth-order valence-corrected chi connectivity index (χ4v) is 1.95. The highest BCUT2D eigenvalue weighted by Crippen LogP contribution is 1.99. The number of rotatable bonds is 5. The van der Waals surface area contributed by atoms with E-state index in [-0.39, 0.29) is 11.5 Å². The predicted octanol–water partition coefficient (Wildman–Crippen LogP) is 0.290. The molecule has 1 aromatic rings. The van der Waals surface area contributed by atoms with Gasteiger partial charge in [-0.15, -0.1) is 0 Å². The van der Waals surface area contributed by atoms with Gasteiger partial charge in [0, 0.05) is 18.5 Å². The lowest BCUT2D eigenvalue weighted by Gasteiger charge is -2.01. The van der Waals surface area contributed by atoms with Crippen molar-refractivity contribution < 1.29 is 8.42 Å². The molecule has 6 heteroatoms. The Morgan fingerprint density at radius 3 is 2.79 bits per heavy atom. The molecule has 0 saturated carbocycles. The molecule has 5 nitrogen and oxygen atoms in total. The van der Waals surface area contributed by atoms with Crippen LogP contribution in [-0.4, -0.2) is 29.7 Å². The molecule has 80 valence electrons. The molecular formula is C8H15N3O2S. The van der Waals surface area contributed by atoms with Crippen molar-refractivity contribution in [2.75, 3.05) is 17.2 Å². The zero-order chi connectivity index (χ0) is 10.6. The summed E-state index contributed by atoms with van der Waals surface area (Å²) < 4.78 is 23.9. The van der Waals surface area contributed by atoms with E-state index < -0.39 is 9.84 Å². The number of anilines is 1. The van der Waals surface area contributed by atoms with E-state index in [9.17, 15) is 8.42 Å². The van der Waals surface area contributed by atoms with Gasteiger partial charge in [-0.3, -0.25) is 4.68 Å². The summed E-state index contributed by atoms with van der Waals surface area (Å²) in [5.41, 5.74) is 5.41. The van der Waals surface area contributed by atoms with Crippen molar-refractivity contribution in [1.29, 1.82) is 0 Å². The summed E-state index contributed by atoms with van der Waals surface area (Å²) >= 11 is 0. The van der Waals surface area contributed by atoms with Crippen LogP contribution in [0.15, 0.2) is 12.3 Å². The van der Waals surface area contributed by atoms with Gasteiger partial charge in [0.15, 0.2) is 0 Å². The Kier molecular flexibility index (Phi) is 3.51. The number of aromatic nitrogens is 2. The van der Waals surface area contributed by atoms with Gasteiger partial charge < -0.3 is 5.73 Å². The van der Waals surface area contributed by atoms with E-state index in [4.69, 9.17) is 5.73 Å². The summed E-state index contributed by atoms with van der Waals surface area (Å²) in [5, 5.41) is 3.96. The van der Waals surface area contributed by atoms with E-state index in [1.807, 2.05) is 0 Å². The fraction of sp³-hybridized carbons (Fsp3) is 0.625. The highest BCUT2D eigenvalue weighted by Gasteiger charge is 2.06. The lowest BCUT2D eigenvalue weighted by Crippen LogP contribution is -2.11. The molecule has 14 heavy (non-hydrogen) atoms. The van der Waals surface area contributed by atoms with E-state index in [0.29, 0.717) is 18.8 Å². The average Bonchev–Trinajstić information content (AvgIpc) is 2.51. The minimum atomic E-state index is -2.86. The second kappa shape index (κ2) is 4.45. The molecule has 2 N–H and O–H groups in total. The number of aryl methyl sites for hydroxylation is 1. The van der Waals surface area contributed by atoms with Gasteiger partial charge in [-0.2, -0.15) is 5.10 Å². The maximum absolute atomic E-state index is 11.1. The smallest absolute Gasteiger partial charge is 0.150 e. The molecule has 0 saturated heterocycles. The third kappa shape index (κ3) is 3.37. The average molecular weight is 217 g/mol. The maximum atomic E-state index is 11.1. The van der Waals surface area contributed by atoms with Gasteiger partial charge in [-0.05, 0) is 12.5 Å². The molecule has 0 aliphatic carbocycles. The second-order valence-electron chi connectivity index (χ2n) is 3.09. The number of nitrogens with zero attached hydrogens (tertiary/aromatic N) is 2. The quantitative estimate of drug-likeness (QED) is 0.769. The van der Waals surface area contributed by atoms with Crippen molar-refractivity contribution in [2.45, 2.75) is 19.9 Å². The van der Waals surface area contributed by atoms with Crippen LogP contribution in [0.5, 0.6) is 0 Å². The third-order valence-electron chi connectivity index (χ3n) is 1.94. The molecule has 0 spiro atoms. The monoisotopic (exact) mass is 217 g/mol. The van der Waals surface area contributed by atoms with Crippen molar-refractivity contribution in [3.63, 3.8) is 0 Å². The molecule has 0 aliphatic rings. The summed E-state index contributed by atoms with van der Waals surface area (Å²) in [6, 6.07) is 1.69. The maximum Gasteiger partial charge on any atom is 0.150 e. The number of nitrogens with two attached hydrogens (primary N) is 1. The zero-order valence-corrected chi connectivity index (χ0v) is 9.00. The first-order chi connectivity index (χ1) is 6.53. The Morgan fingerprint density at radius 2 is 2.29 bits per heavy atom.